The highest BCUT2D eigenvalue weighted by molar-refractivity contribution is 5.23. The Balaban J connectivity index is 2.20. The molecule has 16 heavy (non-hydrogen) atoms. The van der Waals surface area contributed by atoms with E-state index in [0.29, 0.717) is 13.1 Å². The minimum Gasteiger partial charge on any atom is -0.394 e. The average molecular weight is 226 g/mol. The van der Waals surface area contributed by atoms with Crippen molar-refractivity contribution in [1.82, 2.24) is 14.9 Å². The fraction of sp³-hybridized carbons (Fsp3) is 0.556. The van der Waals surface area contributed by atoms with Crippen LogP contribution in [-0.2, 0) is 4.74 Å². The summed E-state index contributed by atoms with van der Waals surface area (Å²) in [5.41, 5.74) is 4.94. The molecule has 0 saturated carbocycles. The number of nitrogens with one attached hydrogen (secondary N) is 1. The van der Waals surface area contributed by atoms with Gasteiger partial charge in [-0.1, -0.05) is 0 Å². The van der Waals surface area contributed by atoms with Gasteiger partial charge in [0, 0.05) is 19.3 Å². The monoisotopic (exact) mass is 226 g/mol. The summed E-state index contributed by atoms with van der Waals surface area (Å²) in [7, 11) is 0. The molecule has 88 valence electrons. The number of hydrogen-bond donors (Lipinski definition) is 3. The molecule has 0 bridgehead atoms. The Morgan fingerprint density at radius 3 is 3.19 bits per heavy atom. The van der Waals surface area contributed by atoms with Crippen LogP contribution >= 0.6 is 0 Å². The van der Waals surface area contributed by atoms with E-state index in [0.717, 1.165) is 0 Å². The smallest absolute Gasteiger partial charge is 0.351 e. The number of hydrogen-bond acceptors (Lipinski definition) is 6. The van der Waals surface area contributed by atoms with E-state index in [4.69, 9.17) is 15.6 Å². The van der Waals surface area contributed by atoms with Crippen LogP contribution in [0, 0.1) is 0 Å². The van der Waals surface area contributed by atoms with Gasteiger partial charge in [-0.05, 0) is 6.07 Å². The van der Waals surface area contributed by atoms with E-state index in [1.807, 2.05) is 0 Å². The normalized spacial score (nSPS) is 25.6. The van der Waals surface area contributed by atoms with Gasteiger partial charge < -0.3 is 20.9 Å². The van der Waals surface area contributed by atoms with E-state index in [9.17, 15) is 4.79 Å². The Kier molecular flexibility index (Phi) is 3.18. The molecule has 2 atom stereocenters. The van der Waals surface area contributed by atoms with E-state index < -0.39 is 11.9 Å². The number of anilines is 1. The van der Waals surface area contributed by atoms with Crippen LogP contribution in [0.4, 0.5) is 5.82 Å². The summed E-state index contributed by atoms with van der Waals surface area (Å²) in [5, 5.41) is 12.1. The Bertz CT molecular complexity index is 419. The zero-order valence-corrected chi connectivity index (χ0v) is 8.67. The topological polar surface area (TPSA) is 102 Å². The van der Waals surface area contributed by atoms with E-state index in [-0.39, 0.29) is 18.5 Å². The van der Waals surface area contributed by atoms with Gasteiger partial charge >= 0.3 is 5.69 Å². The minimum atomic E-state index is -0.453. The molecule has 0 aliphatic carbocycles. The average Bonchev–Trinajstić information content (AvgIpc) is 2.29. The van der Waals surface area contributed by atoms with Crippen molar-refractivity contribution in [3.8, 4) is 0 Å². The van der Waals surface area contributed by atoms with Crippen molar-refractivity contribution in [2.45, 2.75) is 12.3 Å². The lowest BCUT2D eigenvalue weighted by molar-refractivity contribution is -0.0967. The summed E-state index contributed by atoms with van der Waals surface area (Å²) in [6.07, 6.45) is 0.784. The molecule has 0 radical (unpaired) electrons. The third kappa shape index (κ3) is 2.21. The van der Waals surface area contributed by atoms with Crippen LogP contribution in [-0.4, -0.2) is 40.5 Å². The van der Waals surface area contributed by atoms with Crippen molar-refractivity contribution in [3.63, 3.8) is 0 Å². The van der Waals surface area contributed by atoms with Crippen molar-refractivity contribution in [3.05, 3.63) is 22.7 Å². The van der Waals surface area contributed by atoms with Crippen molar-refractivity contribution < 1.29 is 9.84 Å². The second-order valence-corrected chi connectivity index (χ2v) is 3.60. The van der Waals surface area contributed by atoms with Gasteiger partial charge in [0.1, 0.15) is 5.82 Å². The van der Waals surface area contributed by atoms with Crippen molar-refractivity contribution in [2.75, 3.05) is 25.4 Å². The molecule has 1 aliphatic heterocycles. The number of aliphatic hydroxyl groups is 1. The molecule has 0 amide bonds. The second-order valence-electron chi connectivity index (χ2n) is 3.60. The summed E-state index contributed by atoms with van der Waals surface area (Å²) in [6.45, 7) is 0.993. The molecule has 1 aromatic heterocycles. The molecule has 0 spiro atoms. The second kappa shape index (κ2) is 4.60. The van der Waals surface area contributed by atoms with Crippen molar-refractivity contribution in [1.29, 1.82) is 0 Å². The summed E-state index contributed by atoms with van der Waals surface area (Å²) in [4.78, 5) is 15.2. The molecule has 1 fully saturated rings. The maximum atomic E-state index is 11.5. The van der Waals surface area contributed by atoms with Gasteiger partial charge in [-0.15, -0.1) is 0 Å². The first kappa shape index (κ1) is 11.1. The van der Waals surface area contributed by atoms with Crippen LogP contribution in [0.5, 0.6) is 0 Å². The molecule has 2 unspecified atom stereocenters. The Labute approximate surface area is 91.9 Å². The van der Waals surface area contributed by atoms with Gasteiger partial charge in [-0.3, -0.25) is 4.57 Å². The van der Waals surface area contributed by atoms with Crippen molar-refractivity contribution >= 4 is 5.82 Å². The highest BCUT2D eigenvalue weighted by Crippen LogP contribution is 2.12. The van der Waals surface area contributed by atoms with Crippen LogP contribution in [0.3, 0.4) is 0 Å². The van der Waals surface area contributed by atoms with Crippen molar-refractivity contribution in [2.24, 2.45) is 0 Å². The molecule has 2 heterocycles. The van der Waals surface area contributed by atoms with E-state index in [2.05, 4.69) is 10.3 Å². The molecule has 1 aliphatic rings. The minimum absolute atomic E-state index is 0.0827. The van der Waals surface area contributed by atoms with Crippen LogP contribution in [0.25, 0.3) is 0 Å². The van der Waals surface area contributed by atoms with Crippen LogP contribution in [0.1, 0.15) is 6.23 Å². The molecule has 7 nitrogen and oxygen atoms in total. The Morgan fingerprint density at radius 2 is 2.50 bits per heavy atom. The quantitative estimate of drug-likeness (QED) is 0.556. The zero-order valence-electron chi connectivity index (χ0n) is 8.67. The van der Waals surface area contributed by atoms with E-state index in [1.54, 1.807) is 0 Å². The molecule has 0 aromatic carbocycles. The predicted molar refractivity (Wildman–Crippen MR) is 56.8 cm³/mol. The SMILES string of the molecule is Nc1ccn(C2CNCC(CO)O2)c(=O)n1. The largest absolute Gasteiger partial charge is 0.394 e. The number of nitrogen functional groups attached to an aromatic ring is 1. The van der Waals surface area contributed by atoms with Gasteiger partial charge in [0.05, 0.1) is 12.7 Å². The number of aliphatic hydroxyl groups excluding tert-OH is 1. The van der Waals surface area contributed by atoms with E-state index >= 15 is 0 Å². The zero-order chi connectivity index (χ0) is 11.5. The Hall–Kier alpha value is -1.44. The lowest BCUT2D eigenvalue weighted by Crippen LogP contribution is -2.46. The van der Waals surface area contributed by atoms with E-state index in [1.165, 1.54) is 16.8 Å². The van der Waals surface area contributed by atoms with Crippen LogP contribution < -0.4 is 16.7 Å². The highest BCUT2D eigenvalue weighted by atomic mass is 16.5. The number of morpholine rings is 1. The summed E-state index contributed by atoms with van der Waals surface area (Å²) in [5.74, 6) is 0.184. The molecule has 1 aromatic rings. The van der Waals surface area contributed by atoms with Gasteiger partial charge in [0.2, 0.25) is 0 Å². The maximum Gasteiger partial charge on any atom is 0.351 e. The fourth-order valence-electron chi connectivity index (χ4n) is 1.60. The first-order valence-corrected chi connectivity index (χ1v) is 5.02. The molecule has 1 saturated heterocycles. The van der Waals surface area contributed by atoms with Gasteiger partial charge in [0.15, 0.2) is 6.23 Å². The number of rotatable bonds is 2. The summed E-state index contributed by atoms with van der Waals surface area (Å²) in [6, 6.07) is 1.54. The highest BCUT2D eigenvalue weighted by Gasteiger charge is 2.23. The summed E-state index contributed by atoms with van der Waals surface area (Å²) < 4.78 is 6.86. The first-order chi connectivity index (χ1) is 7.70. The molecule has 4 N–H and O–H groups in total. The standard InChI is InChI=1S/C9H14N4O3/c10-7-1-2-13(9(15)12-7)8-4-11-3-6(5-14)16-8/h1-2,6,8,11,14H,3-5H2,(H2,10,12,15). The molecule has 7 heteroatoms. The maximum absolute atomic E-state index is 11.5. The number of ether oxygens (including phenoxy) is 1. The summed E-state index contributed by atoms with van der Waals surface area (Å²) >= 11 is 0. The third-order valence-corrected chi connectivity index (χ3v) is 2.41. The fourth-order valence-corrected chi connectivity index (χ4v) is 1.60. The molecular formula is C9H14N4O3. The first-order valence-electron chi connectivity index (χ1n) is 5.02. The number of nitrogens with zero attached hydrogens (tertiary/aromatic N) is 2. The molecule has 2 rings (SSSR count). The van der Waals surface area contributed by atoms with Gasteiger partial charge in [-0.25, -0.2) is 4.79 Å². The van der Waals surface area contributed by atoms with Crippen LogP contribution in [0.2, 0.25) is 0 Å². The van der Waals surface area contributed by atoms with Crippen LogP contribution in [0.15, 0.2) is 17.1 Å². The molecular weight excluding hydrogens is 212 g/mol. The lowest BCUT2D eigenvalue weighted by Gasteiger charge is -2.30. The third-order valence-electron chi connectivity index (χ3n) is 2.41. The van der Waals surface area contributed by atoms with Gasteiger partial charge in [0.25, 0.3) is 0 Å². The Morgan fingerprint density at radius 1 is 1.69 bits per heavy atom. The van der Waals surface area contributed by atoms with Gasteiger partial charge in [-0.2, -0.15) is 4.98 Å². The number of nitrogens with two attached hydrogens (primary N) is 1. The predicted octanol–water partition coefficient (Wildman–Crippen LogP) is -1.70. The lowest BCUT2D eigenvalue weighted by atomic mass is 10.3. The number of aromatic nitrogens is 2.